The second-order valence-corrected chi connectivity index (χ2v) is 9.00. The van der Waals surface area contributed by atoms with E-state index in [1.165, 1.54) is 24.5 Å². The number of thiophene rings is 1. The first-order chi connectivity index (χ1) is 12.7. The topological polar surface area (TPSA) is 114 Å². The van der Waals surface area contributed by atoms with Crippen LogP contribution in [0.4, 0.5) is 16.4 Å². The molecule has 3 rings (SSSR count). The Bertz CT molecular complexity index is 980. The molecule has 0 bridgehead atoms. The van der Waals surface area contributed by atoms with E-state index in [-0.39, 0.29) is 23.4 Å². The quantitative estimate of drug-likeness (QED) is 0.651. The average molecular weight is 409 g/mol. The van der Waals surface area contributed by atoms with E-state index in [0.717, 1.165) is 19.1 Å². The zero-order valence-corrected chi connectivity index (χ0v) is 16.4. The van der Waals surface area contributed by atoms with Crippen molar-refractivity contribution in [1.29, 1.82) is 0 Å². The fraction of sp³-hybridized carbons (Fsp3) is 0.294. The molecule has 0 saturated heterocycles. The molecular formula is C17H19N3O5S2. The van der Waals surface area contributed by atoms with Crippen molar-refractivity contribution in [3.8, 4) is 5.75 Å². The van der Waals surface area contributed by atoms with Crippen molar-refractivity contribution in [2.75, 3.05) is 28.7 Å². The molecule has 0 aliphatic heterocycles. The maximum absolute atomic E-state index is 12.4. The van der Waals surface area contributed by atoms with E-state index in [0.29, 0.717) is 21.3 Å². The molecule has 0 unspecified atom stereocenters. The molecule has 0 spiro atoms. The third-order valence-electron chi connectivity index (χ3n) is 3.78. The van der Waals surface area contributed by atoms with Crippen LogP contribution < -0.4 is 20.1 Å². The number of rotatable bonds is 7. The molecule has 144 valence electrons. The summed E-state index contributed by atoms with van der Waals surface area (Å²) in [4.78, 5) is 24.6. The van der Waals surface area contributed by atoms with Crippen LogP contribution in [-0.4, -0.2) is 33.6 Å². The van der Waals surface area contributed by atoms with Crippen LogP contribution in [0, 0.1) is 5.92 Å². The molecule has 1 heterocycles. The van der Waals surface area contributed by atoms with Gasteiger partial charge in [-0.25, -0.2) is 8.42 Å². The number of amides is 2. The molecule has 0 atom stereocenters. The molecular weight excluding hydrogens is 390 g/mol. The number of methoxy groups -OCH3 is 1. The highest BCUT2D eigenvalue weighted by molar-refractivity contribution is 7.92. The lowest BCUT2D eigenvalue weighted by Crippen LogP contribution is -2.13. The summed E-state index contributed by atoms with van der Waals surface area (Å²) in [5, 5.41) is 6.12. The molecule has 1 saturated carbocycles. The molecule has 8 nitrogen and oxygen atoms in total. The summed E-state index contributed by atoms with van der Waals surface area (Å²) in [6.45, 7) is 0. The number of hydrogen-bond donors (Lipinski definition) is 3. The molecule has 1 aromatic carbocycles. The molecule has 1 aliphatic rings. The van der Waals surface area contributed by atoms with E-state index in [2.05, 4.69) is 15.4 Å². The summed E-state index contributed by atoms with van der Waals surface area (Å²) in [6, 6.07) is 7.94. The smallest absolute Gasteiger partial charge is 0.265 e. The third kappa shape index (κ3) is 5.20. The summed E-state index contributed by atoms with van der Waals surface area (Å²) < 4.78 is 30.4. The second kappa shape index (κ2) is 7.57. The first kappa shape index (κ1) is 19.2. The summed E-state index contributed by atoms with van der Waals surface area (Å²) in [5.74, 6) is 0.0434. The molecule has 1 fully saturated rings. The van der Waals surface area contributed by atoms with E-state index < -0.39 is 10.0 Å². The van der Waals surface area contributed by atoms with Crippen LogP contribution in [0.25, 0.3) is 0 Å². The first-order valence-corrected chi connectivity index (χ1v) is 10.8. The minimum absolute atomic E-state index is 0.0181. The summed E-state index contributed by atoms with van der Waals surface area (Å²) >= 11 is 1.18. The maximum Gasteiger partial charge on any atom is 0.265 e. The van der Waals surface area contributed by atoms with Gasteiger partial charge < -0.3 is 15.4 Å². The SMILES string of the molecule is COc1ccc(NC(=O)c2ccc(NC(=O)C3CC3)s2)cc1NS(C)(=O)=O. The maximum atomic E-state index is 12.4. The zero-order chi connectivity index (χ0) is 19.6. The predicted molar refractivity (Wildman–Crippen MR) is 105 cm³/mol. The van der Waals surface area contributed by atoms with Crippen molar-refractivity contribution in [3.63, 3.8) is 0 Å². The van der Waals surface area contributed by atoms with E-state index in [4.69, 9.17) is 4.74 Å². The van der Waals surface area contributed by atoms with Gasteiger partial charge in [0.15, 0.2) is 0 Å². The Kier molecular flexibility index (Phi) is 5.38. The van der Waals surface area contributed by atoms with Crippen molar-refractivity contribution < 1.29 is 22.7 Å². The van der Waals surface area contributed by atoms with Crippen molar-refractivity contribution in [1.82, 2.24) is 0 Å². The molecule has 2 amide bonds. The molecule has 10 heteroatoms. The third-order valence-corrected chi connectivity index (χ3v) is 5.37. The minimum Gasteiger partial charge on any atom is -0.495 e. The summed E-state index contributed by atoms with van der Waals surface area (Å²) in [5.41, 5.74) is 0.630. The Hall–Kier alpha value is -2.59. The molecule has 1 aliphatic carbocycles. The Balaban J connectivity index is 1.71. The van der Waals surface area contributed by atoms with Crippen LogP contribution in [0.3, 0.4) is 0 Å². The van der Waals surface area contributed by atoms with E-state index >= 15 is 0 Å². The first-order valence-electron chi connectivity index (χ1n) is 8.13. The number of ether oxygens (including phenoxy) is 1. The monoisotopic (exact) mass is 409 g/mol. The van der Waals surface area contributed by atoms with Crippen LogP contribution >= 0.6 is 11.3 Å². The van der Waals surface area contributed by atoms with Gasteiger partial charge in [-0.05, 0) is 43.2 Å². The Morgan fingerprint density at radius 2 is 1.89 bits per heavy atom. The van der Waals surface area contributed by atoms with E-state index in [1.54, 1.807) is 24.3 Å². The number of carbonyl (C=O) groups is 2. The highest BCUT2D eigenvalue weighted by Gasteiger charge is 2.29. The largest absolute Gasteiger partial charge is 0.495 e. The number of sulfonamides is 1. The van der Waals surface area contributed by atoms with Gasteiger partial charge in [0.2, 0.25) is 15.9 Å². The van der Waals surface area contributed by atoms with Gasteiger partial charge in [0, 0.05) is 11.6 Å². The number of carbonyl (C=O) groups excluding carboxylic acids is 2. The van der Waals surface area contributed by atoms with Crippen LogP contribution in [0.1, 0.15) is 22.5 Å². The van der Waals surface area contributed by atoms with Crippen LogP contribution in [-0.2, 0) is 14.8 Å². The molecule has 27 heavy (non-hydrogen) atoms. The van der Waals surface area contributed by atoms with Crippen molar-refractivity contribution in [3.05, 3.63) is 35.2 Å². The van der Waals surface area contributed by atoms with Crippen molar-refractivity contribution >= 4 is 49.6 Å². The number of benzene rings is 1. The van der Waals surface area contributed by atoms with Crippen molar-refractivity contribution in [2.45, 2.75) is 12.8 Å². The lowest BCUT2D eigenvalue weighted by molar-refractivity contribution is -0.117. The Morgan fingerprint density at radius 3 is 2.52 bits per heavy atom. The van der Waals surface area contributed by atoms with Gasteiger partial charge in [-0.2, -0.15) is 0 Å². The van der Waals surface area contributed by atoms with Gasteiger partial charge in [-0.3, -0.25) is 14.3 Å². The van der Waals surface area contributed by atoms with Gasteiger partial charge in [-0.1, -0.05) is 0 Å². The molecule has 3 N–H and O–H groups in total. The fourth-order valence-corrected chi connectivity index (χ4v) is 3.72. The van der Waals surface area contributed by atoms with Crippen LogP contribution in [0.5, 0.6) is 5.75 Å². The van der Waals surface area contributed by atoms with Gasteiger partial charge in [0.25, 0.3) is 5.91 Å². The number of anilines is 3. The van der Waals surface area contributed by atoms with Gasteiger partial charge in [0.05, 0.1) is 28.9 Å². The normalized spacial score (nSPS) is 13.7. The standard InChI is InChI=1S/C17H19N3O5S2/c1-25-13-6-5-11(9-12(13)20-27(2,23)24)18-17(22)14-7-8-15(26-14)19-16(21)10-3-4-10/h5-10,20H,3-4H2,1-2H3,(H,18,22)(H,19,21). The highest BCUT2D eigenvalue weighted by Crippen LogP contribution is 2.32. The molecule has 2 aromatic rings. The van der Waals surface area contributed by atoms with Gasteiger partial charge in [0.1, 0.15) is 5.75 Å². The van der Waals surface area contributed by atoms with E-state index in [1.807, 2.05) is 0 Å². The van der Waals surface area contributed by atoms with Crippen molar-refractivity contribution in [2.24, 2.45) is 5.92 Å². The van der Waals surface area contributed by atoms with Gasteiger partial charge >= 0.3 is 0 Å². The van der Waals surface area contributed by atoms with Gasteiger partial charge in [-0.15, -0.1) is 11.3 Å². The molecule has 0 radical (unpaired) electrons. The summed E-state index contributed by atoms with van der Waals surface area (Å²) in [7, 11) is -2.08. The Morgan fingerprint density at radius 1 is 1.15 bits per heavy atom. The number of nitrogens with one attached hydrogen (secondary N) is 3. The lowest BCUT2D eigenvalue weighted by atomic mass is 10.2. The number of hydrogen-bond acceptors (Lipinski definition) is 6. The zero-order valence-electron chi connectivity index (χ0n) is 14.7. The lowest BCUT2D eigenvalue weighted by Gasteiger charge is -2.12. The summed E-state index contributed by atoms with van der Waals surface area (Å²) in [6.07, 6.45) is 2.85. The predicted octanol–water partition coefficient (Wildman–Crippen LogP) is 2.73. The van der Waals surface area contributed by atoms with E-state index in [9.17, 15) is 18.0 Å². The average Bonchev–Trinajstić information content (AvgIpc) is 3.33. The molecule has 1 aromatic heterocycles. The van der Waals surface area contributed by atoms with Crippen LogP contribution in [0.2, 0.25) is 0 Å². The minimum atomic E-state index is -3.50. The highest BCUT2D eigenvalue weighted by atomic mass is 32.2. The second-order valence-electron chi connectivity index (χ2n) is 6.17. The van der Waals surface area contributed by atoms with Crippen LogP contribution in [0.15, 0.2) is 30.3 Å². The Labute approximate surface area is 161 Å². The fourth-order valence-electron chi connectivity index (χ4n) is 2.35.